The minimum atomic E-state index is -0.168. The third-order valence-electron chi connectivity index (χ3n) is 3.61. The highest BCUT2D eigenvalue weighted by Gasteiger charge is 2.30. The molecule has 0 aliphatic heterocycles. The SMILES string of the molecule is COC(=O)[C@H]1CC[C@H](C(=O)Nc2ccc(Br)cn2)CC1. The summed E-state index contributed by atoms with van der Waals surface area (Å²) in [5.74, 6) is 0.242. The standard InChI is InChI=1S/C14H17BrN2O3/c1-20-14(19)10-4-2-9(3-5-10)13(18)17-12-7-6-11(15)8-16-12/h6-10H,2-5H2,1H3,(H,16,17,18)/t9-,10-. The van der Waals surface area contributed by atoms with Crippen LogP contribution in [0.2, 0.25) is 0 Å². The normalized spacial score (nSPS) is 22.1. The number of hydrogen-bond acceptors (Lipinski definition) is 4. The van der Waals surface area contributed by atoms with Crippen molar-refractivity contribution in [1.29, 1.82) is 0 Å². The molecule has 0 saturated heterocycles. The molecule has 0 atom stereocenters. The summed E-state index contributed by atoms with van der Waals surface area (Å²) in [6.07, 6.45) is 4.48. The van der Waals surface area contributed by atoms with E-state index in [4.69, 9.17) is 4.74 Å². The van der Waals surface area contributed by atoms with E-state index in [1.165, 1.54) is 7.11 Å². The molecule has 6 heteroatoms. The van der Waals surface area contributed by atoms with E-state index in [-0.39, 0.29) is 23.7 Å². The van der Waals surface area contributed by atoms with Crippen molar-refractivity contribution in [1.82, 2.24) is 4.98 Å². The van der Waals surface area contributed by atoms with Crippen LogP contribution in [0.4, 0.5) is 5.82 Å². The molecule has 20 heavy (non-hydrogen) atoms. The molecule has 1 saturated carbocycles. The Kier molecular flexibility index (Phi) is 5.11. The number of nitrogens with one attached hydrogen (secondary N) is 1. The molecule has 1 aromatic rings. The van der Waals surface area contributed by atoms with Crippen LogP contribution in [-0.4, -0.2) is 24.0 Å². The number of amides is 1. The average molecular weight is 341 g/mol. The van der Waals surface area contributed by atoms with Crippen LogP contribution in [0.1, 0.15) is 25.7 Å². The van der Waals surface area contributed by atoms with E-state index in [1.807, 2.05) is 6.07 Å². The monoisotopic (exact) mass is 340 g/mol. The fourth-order valence-electron chi connectivity index (χ4n) is 2.44. The fraction of sp³-hybridized carbons (Fsp3) is 0.500. The number of methoxy groups -OCH3 is 1. The minimum Gasteiger partial charge on any atom is -0.469 e. The van der Waals surface area contributed by atoms with Gasteiger partial charge in [0.05, 0.1) is 13.0 Å². The maximum absolute atomic E-state index is 12.1. The van der Waals surface area contributed by atoms with Crippen molar-refractivity contribution in [3.8, 4) is 0 Å². The molecule has 0 unspecified atom stereocenters. The van der Waals surface area contributed by atoms with Crippen molar-refractivity contribution < 1.29 is 14.3 Å². The number of esters is 1. The molecule has 0 spiro atoms. The van der Waals surface area contributed by atoms with Gasteiger partial charge in [-0.25, -0.2) is 4.98 Å². The lowest BCUT2D eigenvalue weighted by Crippen LogP contribution is -2.30. The highest BCUT2D eigenvalue weighted by atomic mass is 79.9. The van der Waals surface area contributed by atoms with Crippen LogP contribution in [0.5, 0.6) is 0 Å². The number of pyridine rings is 1. The topological polar surface area (TPSA) is 68.3 Å². The van der Waals surface area contributed by atoms with Gasteiger partial charge in [0.25, 0.3) is 0 Å². The molecule has 0 radical (unpaired) electrons. The van der Waals surface area contributed by atoms with Crippen molar-refractivity contribution in [3.63, 3.8) is 0 Å². The maximum Gasteiger partial charge on any atom is 0.308 e. The Labute approximate surface area is 126 Å². The Balaban J connectivity index is 1.85. The van der Waals surface area contributed by atoms with Gasteiger partial charge in [-0.15, -0.1) is 0 Å². The number of ether oxygens (including phenoxy) is 1. The molecule has 1 N–H and O–H groups in total. The number of carbonyl (C=O) groups is 2. The number of carbonyl (C=O) groups excluding carboxylic acids is 2. The van der Waals surface area contributed by atoms with Crippen molar-refractivity contribution >= 4 is 33.6 Å². The predicted molar refractivity (Wildman–Crippen MR) is 78.0 cm³/mol. The molecule has 1 heterocycles. The number of rotatable bonds is 3. The lowest BCUT2D eigenvalue weighted by Gasteiger charge is -2.25. The van der Waals surface area contributed by atoms with Crippen molar-refractivity contribution in [3.05, 3.63) is 22.8 Å². The smallest absolute Gasteiger partial charge is 0.308 e. The maximum atomic E-state index is 12.1. The minimum absolute atomic E-state index is 0.0249. The molecule has 1 aliphatic rings. The number of halogens is 1. The summed E-state index contributed by atoms with van der Waals surface area (Å²) in [5.41, 5.74) is 0. The van der Waals surface area contributed by atoms with E-state index in [0.717, 1.165) is 4.47 Å². The summed E-state index contributed by atoms with van der Waals surface area (Å²) in [4.78, 5) is 27.7. The Morgan fingerprint density at radius 3 is 2.45 bits per heavy atom. The lowest BCUT2D eigenvalue weighted by molar-refractivity contribution is -0.147. The Morgan fingerprint density at radius 2 is 1.90 bits per heavy atom. The summed E-state index contributed by atoms with van der Waals surface area (Å²) in [6.45, 7) is 0. The van der Waals surface area contributed by atoms with Crippen LogP contribution in [-0.2, 0) is 14.3 Å². The van der Waals surface area contributed by atoms with Crippen LogP contribution in [0, 0.1) is 11.8 Å². The first-order chi connectivity index (χ1) is 9.60. The molecule has 2 rings (SSSR count). The third kappa shape index (κ3) is 3.79. The van der Waals surface area contributed by atoms with Gasteiger partial charge < -0.3 is 10.1 Å². The molecule has 1 amide bonds. The molecule has 1 aliphatic carbocycles. The zero-order valence-corrected chi connectivity index (χ0v) is 12.9. The van der Waals surface area contributed by atoms with E-state index >= 15 is 0 Å². The summed E-state index contributed by atoms with van der Waals surface area (Å²) >= 11 is 3.30. The molecular formula is C14H17BrN2O3. The van der Waals surface area contributed by atoms with E-state index < -0.39 is 0 Å². The number of aromatic nitrogens is 1. The Bertz CT molecular complexity index is 482. The summed E-state index contributed by atoms with van der Waals surface area (Å²) in [5, 5.41) is 2.81. The summed E-state index contributed by atoms with van der Waals surface area (Å²) in [7, 11) is 1.40. The third-order valence-corrected chi connectivity index (χ3v) is 4.08. The zero-order valence-electron chi connectivity index (χ0n) is 11.3. The van der Waals surface area contributed by atoms with Crippen LogP contribution < -0.4 is 5.32 Å². The lowest BCUT2D eigenvalue weighted by atomic mass is 9.81. The number of hydrogen-bond donors (Lipinski definition) is 1. The van der Waals surface area contributed by atoms with Gasteiger partial charge in [-0.3, -0.25) is 9.59 Å². The highest BCUT2D eigenvalue weighted by Crippen LogP contribution is 2.30. The Morgan fingerprint density at radius 1 is 1.25 bits per heavy atom. The summed E-state index contributed by atoms with van der Waals surface area (Å²) in [6, 6.07) is 3.58. The fourth-order valence-corrected chi connectivity index (χ4v) is 2.67. The van der Waals surface area contributed by atoms with Crippen LogP contribution >= 0.6 is 15.9 Å². The second-order valence-electron chi connectivity index (χ2n) is 4.92. The van der Waals surface area contributed by atoms with E-state index in [0.29, 0.717) is 31.5 Å². The Hall–Kier alpha value is -1.43. The summed E-state index contributed by atoms with van der Waals surface area (Å²) < 4.78 is 5.61. The first-order valence-corrected chi connectivity index (χ1v) is 7.39. The van der Waals surface area contributed by atoms with Crippen LogP contribution in [0.15, 0.2) is 22.8 Å². The first kappa shape index (κ1) is 15.0. The van der Waals surface area contributed by atoms with Gasteiger partial charge in [0.15, 0.2) is 0 Å². The van der Waals surface area contributed by atoms with Crippen LogP contribution in [0.3, 0.4) is 0 Å². The van der Waals surface area contributed by atoms with Gasteiger partial charge in [0.2, 0.25) is 5.91 Å². The quantitative estimate of drug-likeness (QED) is 0.859. The van der Waals surface area contributed by atoms with Gasteiger partial charge in [0.1, 0.15) is 5.82 Å². The van der Waals surface area contributed by atoms with Crippen molar-refractivity contribution in [2.24, 2.45) is 11.8 Å². The number of nitrogens with zero attached hydrogens (tertiary/aromatic N) is 1. The highest BCUT2D eigenvalue weighted by molar-refractivity contribution is 9.10. The second-order valence-corrected chi connectivity index (χ2v) is 5.84. The van der Waals surface area contributed by atoms with Gasteiger partial charge in [-0.05, 0) is 53.7 Å². The predicted octanol–water partition coefficient (Wildman–Crippen LogP) is 2.76. The largest absolute Gasteiger partial charge is 0.469 e. The van der Waals surface area contributed by atoms with E-state index in [9.17, 15) is 9.59 Å². The second kappa shape index (κ2) is 6.83. The van der Waals surface area contributed by atoms with Crippen molar-refractivity contribution in [2.45, 2.75) is 25.7 Å². The van der Waals surface area contributed by atoms with Gasteiger partial charge in [0, 0.05) is 16.6 Å². The van der Waals surface area contributed by atoms with E-state index in [1.54, 1.807) is 12.3 Å². The van der Waals surface area contributed by atoms with Crippen LogP contribution in [0.25, 0.3) is 0 Å². The number of anilines is 1. The van der Waals surface area contributed by atoms with Gasteiger partial charge in [-0.1, -0.05) is 0 Å². The molecular weight excluding hydrogens is 324 g/mol. The molecule has 108 valence electrons. The zero-order chi connectivity index (χ0) is 14.5. The molecule has 1 aromatic heterocycles. The average Bonchev–Trinajstić information content (AvgIpc) is 2.49. The molecule has 1 fully saturated rings. The molecule has 0 bridgehead atoms. The first-order valence-electron chi connectivity index (χ1n) is 6.60. The molecule has 5 nitrogen and oxygen atoms in total. The van der Waals surface area contributed by atoms with Gasteiger partial charge in [-0.2, -0.15) is 0 Å². The van der Waals surface area contributed by atoms with Gasteiger partial charge >= 0.3 is 5.97 Å². The van der Waals surface area contributed by atoms with Crippen molar-refractivity contribution in [2.75, 3.05) is 12.4 Å². The van der Waals surface area contributed by atoms with E-state index in [2.05, 4.69) is 26.2 Å². The molecule has 0 aromatic carbocycles.